The zero-order valence-electron chi connectivity index (χ0n) is 9.81. The number of ether oxygens (including phenoxy) is 1. The van der Waals surface area contributed by atoms with Crippen molar-refractivity contribution < 1.29 is 19.0 Å². The molecular formula is C12H16FNO3. The van der Waals surface area contributed by atoms with Gasteiger partial charge in [-0.2, -0.15) is 0 Å². The van der Waals surface area contributed by atoms with Crippen LogP contribution in [0.25, 0.3) is 0 Å². The highest BCUT2D eigenvalue weighted by Gasteiger charge is 2.16. The summed E-state index contributed by atoms with van der Waals surface area (Å²) in [5.74, 6) is -0.871. The highest BCUT2D eigenvalue weighted by atomic mass is 19.1. The fraction of sp³-hybridized carbons (Fsp3) is 0.417. The molecule has 0 aliphatic rings. The van der Waals surface area contributed by atoms with Gasteiger partial charge in [-0.3, -0.25) is 4.79 Å². The van der Waals surface area contributed by atoms with Crippen molar-refractivity contribution in [3.8, 4) is 5.75 Å². The summed E-state index contributed by atoms with van der Waals surface area (Å²) in [4.78, 5) is 11.5. The molecule has 17 heavy (non-hydrogen) atoms. The van der Waals surface area contributed by atoms with Crippen molar-refractivity contribution in [3.05, 3.63) is 30.1 Å². The molecule has 1 amide bonds. The van der Waals surface area contributed by atoms with Crippen molar-refractivity contribution >= 4 is 5.91 Å². The fourth-order valence-corrected chi connectivity index (χ4v) is 1.18. The molecule has 0 radical (unpaired) electrons. The molecule has 1 aromatic rings. The lowest BCUT2D eigenvalue weighted by Gasteiger charge is -2.15. The Morgan fingerprint density at radius 2 is 2.12 bits per heavy atom. The summed E-state index contributed by atoms with van der Waals surface area (Å²) < 4.78 is 18.4. The third-order valence-electron chi connectivity index (χ3n) is 2.08. The van der Waals surface area contributed by atoms with Crippen LogP contribution in [0.4, 0.5) is 4.39 Å². The zero-order valence-corrected chi connectivity index (χ0v) is 9.81. The van der Waals surface area contributed by atoms with Gasteiger partial charge in [0, 0.05) is 6.54 Å². The van der Waals surface area contributed by atoms with E-state index in [9.17, 15) is 9.18 Å². The quantitative estimate of drug-likeness (QED) is 0.811. The normalized spacial score (nSPS) is 13.9. The van der Waals surface area contributed by atoms with Crippen molar-refractivity contribution in [1.29, 1.82) is 0 Å². The van der Waals surface area contributed by atoms with Crippen LogP contribution in [0.15, 0.2) is 24.3 Å². The number of carbonyl (C=O) groups is 1. The highest BCUT2D eigenvalue weighted by molar-refractivity contribution is 5.80. The number of aliphatic hydroxyl groups is 1. The first-order valence-corrected chi connectivity index (χ1v) is 5.37. The molecule has 0 aromatic heterocycles. The average molecular weight is 241 g/mol. The van der Waals surface area contributed by atoms with Gasteiger partial charge in [-0.05, 0) is 26.0 Å². The molecule has 5 heteroatoms. The SMILES string of the molecule is CC(Oc1ccccc1F)C(=O)NC[C@H](C)O. The van der Waals surface area contributed by atoms with Gasteiger partial charge in [0.05, 0.1) is 6.10 Å². The Bertz CT molecular complexity index is 382. The van der Waals surface area contributed by atoms with Crippen molar-refractivity contribution in [2.75, 3.05) is 6.54 Å². The fourth-order valence-electron chi connectivity index (χ4n) is 1.18. The van der Waals surface area contributed by atoms with Crippen LogP contribution in [0, 0.1) is 5.82 Å². The van der Waals surface area contributed by atoms with Crippen molar-refractivity contribution in [3.63, 3.8) is 0 Å². The van der Waals surface area contributed by atoms with Crippen molar-refractivity contribution in [1.82, 2.24) is 5.32 Å². The van der Waals surface area contributed by atoms with Gasteiger partial charge in [-0.1, -0.05) is 12.1 Å². The van der Waals surface area contributed by atoms with Crippen LogP contribution in [-0.4, -0.2) is 29.8 Å². The molecule has 4 nitrogen and oxygen atoms in total. The average Bonchev–Trinajstić information content (AvgIpc) is 2.28. The van der Waals surface area contributed by atoms with E-state index in [2.05, 4.69) is 5.32 Å². The van der Waals surface area contributed by atoms with Gasteiger partial charge in [0.25, 0.3) is 5.91 Å². The molecule has 0 saturated heterocycles. The summed E-state index contributed by atoms with van der Waals surface area (Å²) in [5, 5.41) is 11.5. The van der Waals surface area contributed by atoms with E-state index in [-0.39, 0.29) is 12.3 Å². The van der Waals surface area contributed by atoms with Crippen molar-refractivity contribution in [2.24, 2.45) is 0 Å². The third kappa shape index (κ3) is 4.40. The van der Waals surface area contributed by atoms with E-state index in [4.69, 9.17) is 9.84 Å². The van der Waals surface area contributed by atoms with Crippen LogP contribution in [0.2, 0.25) is 0 Å². The van der Waals surface area contributed by atoms with E-state index in [1.54, 1.807) is 19.1 Å². The molecule has 1 aromatic carbocycles. The Labute approximate surface area is 99.4 Å². The monoisotopic (exact) mass is 241 g/mol. The summed E-state index contributed by atoms with van der Waals surface area (Å²) in [5.41, 5.74) is 0. The van der Waals surface area contributed by atoms with Crippen LogP contribution in [0.5, 0.6) is 5.75 Å². The van der Waals surface area contributed by atoms with E-state index in [0.29, 0.717) is 0 Å². The lowest BCUT2D eigenvalue weighted by atomic mass is 10.3. The number of aliphatic hydroxyl groups excluding tert-OH is 1. The second-order valence-electron chi connectivity index (χ2n) is 3.78. The number of amides is 1. The van der Waals surface area contributed by atoms with Gasteiger partial charge in [-0.25, -0.2) is 4.39 Å². The van der Waals surface area contributed by atoms with Crippen LogP contribution in [0.1, 0.15) is 13.8 Å². The van der Waals surface area contributed by atoms with Crippen LogP contribution < -0.4 is 10.1 Å². The smallest absolute Gasteiger partial charge is 0.260 e. The maximum absolute atomic E-state index is 13.2. The van der Waals surface area contributed by atoms with Gasteiger partial charge in [-0.15, -0.1) is 0 Å². The van der Waals surface area contributed by atoms with E-state index < -0.39 is 23.9 Å². The molecule has 2 N–H and O–H groups in total. The second kappa shape index (κ2) is 6.20. The Morgan fingerprint density at radius 1 is 1.47 bits per heavy atom. The Morgan fingerprint density at radius 3 is 2.71 bits per heavy atom. The number of rotatable bonds is 5. The largest absolute Gasteiger partial charge is 0.478 e. The predicted octanol–water partition coefficient (Wildman–Crippen LogP) is 1.09. The van der Waals surface area contributed by atoms with Crippen molar-refractivity contribution in [2.45, 2.75) is 26.1 Å². The lowest BCUT2D eigenvalue weighted by Crippen LogP contribution is -2.39. The molecule has 1 unspecified atom stereocenters. The summed E-state index contributed by atoms with van der Waals surface area (Å²) in [6, 6.07) is 5.88. The highest BCUT2D eigenvalue weighted by Crippen LogP contribution is 2.16. The minimum absolute atomic E-state index is 0.0344. The standard InChI is InChI=1S/C12H16FNO3/c1-8(15)7-14-12(16)9(2)17-11-6-4-3-5-10(11)13/h3-6,8-9,15H,7H2,1-2H3,(H,14,16)/t8-,9?/m0/s1. The third-order valence-corrected chi connectivity index (χ3v) is 2.08. The number of hydrogen-bond donors (Lipinski definition) is 2. The molecule has 2 atom stereocenters. The first kappa shape index (κ1) is 13.4. The summed E-state index contributed by atoms with van der Waals surface area (Å²) in [7, 11) is 0. The maximum atomic E-state index is 13.2. The lowest BCUT2D eigenvalue weighted by molar-refractivity contribution is -0.127. The number of halogens is 1. The van der Waals surface area contributed by atoms with Gasteiger partial charge >= 0.3 is 0 Å². The van der Waals surface area contributed by atoms with E-state index >= 15 is 0 Å². The van der Waals surface area contributed by atoms with Gasteiger partial charge in [0.1, 0.15) is 0 Å². The number of benzene rings is 1. The molecule has 0 aliphatic heterocycles. The molecule has 0 aliphatic carbocycles. The minimum Gasteiger partial charge on any atom is -0.478 e. The van der Waals surface area contributed by atoms with Crippen LogP contribution >= 0.6 is 0 Å². The first-order chi connectivity index (χ1) is 8.00. The topological polar surface area (TPSA) is 58.6 Å². The number of para-hydroxylation sites is 1. The number of hydrogen-bond acceptors (Lipinski definition) is 3. The van der Waals surface area contributed by atoms with E-state index in [0.717, 1.165) is 0 Å². The summed E-state index contributed by atoms with van der Waals surface area (Å²) >= 11 is 0. The molecule has 0 spiro atoms. The minimum atomic E-state index is -0.814. The molecule has 0 heterocycles. The number of nitrogens with one attached hydrogen (secondary N) is 1. The van der Waals surface area contributed by atoms with Gasteiger partial charge in [0.2, 0.25) is 0 Å². The zero-order chi connectivity index (χ0) is 12.8. The molecule has 94 valence electrons. The predicted molar refractivity (Wildman–Crippen MR) is 61.2 cm³/mol. The second-order valence-corrected chi connectivity index (χ2v) is 3.78. The van der Waals surface area contributed by atoms with Gasteiger partial charge in [0.15, 0.2) is 17.7 Å². The first-order valence-electron chi connectivity index (χ1n) is 5.37. The molecule has 1 rings (SSSR count). The molecule has 0 saturated carbocycles. The molecular weight excluding hydrogens is 225 g/mol. The van der Waals surface area contributed by atoms with Crippen LogP contribution in [-0.2, 0) is 4.79 Å². The Balaban J connectivity index is 2.51. The van der Waals surface area contributed by atoms with Crippen LogP contribution in [0.3, 0.4) is 0 Å². The number of carbonyl (C=O) groups excluding carboxylic acids is 1. The summed E-state index contributed by atoms with van der Waals surface area (Å²) in [6.45, 7) is 3.22. The molecule has 0 bridgehead atoms. The summed E-state index contributed by atoms with van der Waals surface area (Å²) in [6.07, 6.45) is -1.44. The maximum Gasteiger partial charge on any atom is 0.260 e. The van der Waals surface area contributed by atoms with Gasteiger partial charge < -0.3 is 15.2 Å². The Hall–Kier alpha value is -1.62. The molecule has 0 fully saturated rings. The van der Waals surface area contributed by atoms with E-state index in [1.807, 2.05) is 0 Å². The van der Waals surface area contributed by atoms with E-state index in [1.165, 1.54) is 19.1 Å². The Kier molecular flexibility index (Phi) is 4.90.